The first kappa shape index (κ1) is 14.9. The molecule has 3 rings (SSSR count). The number of carbonyl (C=O) groups excluding carboxylic acids is 2. The molecule has 2 aromatic carbocycles. The van der Waals surface area contributed by atoms with Crippen LogP contribution in [0, 0.1) is 0 Å². The van der Waals surface area contributed by atoms with Crippen molar-refractivity contribution in [1.82, 2.24) is 10.9 Å². The maximum atomic E-state index is 11.8. The van der Waals surface area contributed by atoms with Crippen molar-refractivity contribution >= 4 is 40.4 Å². The molecule has 0 atom stereocenters. The lowest BCUT2D eigenvalue weighted by molar-refractivity contribution is 0.0938. The summed E-state index contributed by atoms with van der Waals surface area (Å²) in [5.74, 6) is -0.175. The Morgan fingerprint density at radius 2 is 1.70 bits per heavy atom. The van der Waals surface area contributed by atoms with Crippen LogP contribution in [0.2, 0.25) is 5.02 Å². The Morgan fingerprint density at radius 3 is 2.43 bits per heavy atom. The van der Waals surface area contributed by atoms with Crippen molar-refractivity contribution in [3.63, 3.8) is 0 Å². The number of urea groups is 1. The maximum Gasteiger partial charge on any atom is 0.340 e. The Hall–Kier alpha value is -2.99. The van der Waals surface area contributed by atoms with Crippen molar-refractivity contribution in [3.05, 3.63) is 65.2 Å². The zero-order valence-electron chi connectivity index (χ0n) is 11.8. The minimum absolute atomic E-state index is 0.282. The molecule has 0 aliphatic carbocycles. The first-order chi connectivity index (χ1) is 11.1. The summed E-state index contributed by atoms with van der Waals surface area (Å²) in [7, 11) is 0. The van der Waals surface area contributed by atoms with E-state index < -0.39 is 11.9 Å². The Balaban J connectivity index is 1.56. The van der Waals surface area contributed by atoms with Crippen molar-refractivity contribution in [2.45, 2.75) is 0 Å². The monoisotopic (exact) mass is 329 g/mol. The highest BCUT2D eigenvalue weighted by Crippen LogP contribution is 2.22. The fraction of sp³-hybridized carbons (Fsp3) is 0. The van der Waals surface area contributed by atoms with E-state index in [2.05, 4.69) is 16.2 Å². The number of para-hydroxylation sites is 1. The molecule has 0 aliphatic heterocycles. The molecule has 3 aromatic rings. The van der Waals surface area contributed by atoms with Crippen molar-refractivity contribution in [1.29, 1.82) is 0 Å². The first-order valence-electron chi connectivity index (χ1n) is 6.73. The van der Waals surface area contributed by atoms with Crippen LogP contribution in [0.25, 0.3) is 11.0 Å². The molecule has 0 aliphatic rings. The van der Waals surface area contributed by atoms with Crippen LogP contribution in [0.3, 0.4) is 0 Å². The summed E-state index contributed by atoms with van der Waals surface area (Å²) in [6, 6.07) is 14.7. The van der Waals surface area contributed by atoms with Crippen molar-refractivity contribution in [3.8, 4) is 0 Å². The molecule has 3 N–H and O–H groups in total. The normalized spacial score (nSPS) is 10.3. The van der Waals surface area contributed by atoms with E-state index in [9.17, 15) is 9.59 Å². The zero-order chi connectivity index (χ0) is 16.2. The van der Waals surface area contributed by atoms with E-state index in [-0.39, 0.29) is 5.88 Å². The van der Waals surface area contributed by atoms with Gasteiger partial charge in [0.15, 0.2) is 0 Å². The van der Waals surface area contributed by atoms with Crippen LogP contribution in [0.4, 0.5) is 10.7 Å². The van der Waals surface area contributed by atoms with Gasteiger partial charge >= 0.3 is 6.03 Å². The van der Waals surface area contributed by atoms with Crippen molar-refractivity contribution < 1.29 is 14.0 Å². The Kier molecular flexibility index (Phi) is 4.16. The summed E-state index contributed by atoms with van der Waals surface area (Å²) in [5, 5.41) is 3.89. The van der Waals surface area contributed by atoms with Gasteiger partial charge in [0.05, 0.1) is 0 Å². The summed E-state index contributed by atoms with van der Waals surface area (Å²) in [4.78, 5) is 23.6. The average Bonchev–Trinajstić information content (AvgIpc) is 2.95. The van der Waals surface area contributed by atoms with Gasteiger partial charge in [-0.3, -0.25) is 15.5 Å². The topological polar surface area (TPSA) is 83.4 Å². The van der Waals surface area contributed by atoms with Gasteiger partial charge in [-0.2, -0.15) is 0 Å². The van der Waals surface area contributed by atoms with Gasteiger partial charge in [0.1, 0.15) is 5.58 Å². The van der Waals surface area contributed by atoms with E-state index in [1.807, 2.05) is 18.2 Å². The minimum atomic E-state index is -0.619. The Labute approximate surface area is 136 Å². The second-order valence-electron chi connectivity index (χ2n) is 4.69. The number of benzene rings is 2. The second kappa shape index (κ2) is 6.41. The number of nitrogens with one attached hydrogen (secondary N) is 3. The van der Waals surface area contributed by atoms with Crippen LogP contribution in [0.1, 0.15) is 10.4 Å². The number of anilines is 1. The maximum absolute atomic E-state index is 11.8. The summed E-state index contributed by atoms with van der Waals surface area (Å²) < 4.78 is 5.44. The van der Waals surface area contributed by atoms with Crippen LogP contribution in [0.15, 0.2) is 59.0 Å². The first-order valence-corrected chi connectivity index (χ1v) is 7.11. The fourth-order valence-electron chi connectivity index (χ4n) is 1.97. The quantitative estimate of drug-likeness (QED) is 0.629. The molecular formula is C16H12ClN3O3. The lowest BCUT2D eigenvalue weighted by Gasteiger charge is -2.07. The van der Waals surface area contributed by atoms with Gasteiger partial charge < -0.3 is 4.42 Å². The van der Waals surface area contributed by atoms with Gasteiger partial charge in [-0.15, -0.1) is 0 Å². The van der Waals surface area contributed by atoms with E-state index >= 15 is 0 Å². The third-order valence-electron chi connectivity index (χ3n) is 3.06. The molecule has 6 nitrogen and oxygen atoms in total. The average molecular weight is 330 g/mol. The molecule has 0 radical (unpaired) electrons. The summed E-state index contributed by atoms with van der Waals surface area (Å²) >= 11 is 5.75. The highest BCUT2D eigenvalue weighted by Gasteiger charge is 2.09. The summed E-state index contributed by atoms with van der Waals surface area (Å²) in [6.45, 7) is 0. The number of furan rings is 1. The Morgan fingerprint density at radius 1 is 0.957 bits per heavy atom. The van der Waals surface area contributed by atoms with Crippen LogP contribution in [-0.4, -0.2) is 11.9 Å². The third kappa shape index (κ3) is 3.61. The summed E-state index contributed by atoms with van der Waals surface area (Å²) in [5.41, 5.74) is 5.57. The molecule has 1 heterocycles. The molecular weight excluding hydrogens is 318 g/mol. The number of amides is 3. The minimum Gasteiger partial charge on any atom is -0.440 e. The number of fused-ring (bicyclic) bond motifs is 1. The molecule has 3 amide bonds. The fourth-order valence-corrected chi connectivity index (χ4v) is 2.10. The number of hydrogen-bond donors (Lipinski definition) is 3. The van der Waals surface area contributed by atoms with E-state index in [0.29, 0.717) is 16.2 Å². The largest absolute Gasteiger partial charge is 0.440 e. The lowest BCUT2D eigenvalue weighted by atomic mass is 10.2. The Bertz CT molecular complexity index is 825. The van der Waals surface area contributed by atoms with Crippen molar-refractivity contribution in [2.24, 2.45) is 0 Å². The van der Waals surface area contributed by atoms with Crippen LogP contribution in [0.5, 0.6) is 0 Å². The number of halogens is 1. The molecule has 23 heavy (non-hydrogen) atoms. The number of rotatable bonds is 2. The highest BCUT2D eigenvalue weighted by molar-refractivity contribution is 6.30. The molecule has 116 valence electrons. The predicted molar refractivity (Wildman–Crippen MR) is 87.3 cm³/mol. The molecule has 7 heteroatoms. The van der Waals surface area contributed by atoms with E-state index in [0.717, 1.165) is 5.39 Å². The number of carbonyl (C=O) groups is 2. The van der Waals surface area contributed by atoms with Gasteiger partial charge in [-0.05, 0) is 30.3 Å². The number of hydrogen-bond acceptors (Lipinski definition) is 3. The SMILES string of the molecule is O=C(NNC(=O)c1ccc(Cl)cc1)Nc1cc2ccccc2o1. The molecule has 0 fully saturated rings. The molecule has 0 saturated carbocycles. The summed E-state index contributed by atoms with van der Waals surface area (Å²) in [6.07, 6.45) is 0. The van der Waals surface area contributed by atoms with E-state index in [4.69, 9.17) is 16.0 Å². The number of hydrazine groups is 1. The van der Waals surface area contributed by atoms with Gasteiger partial charge in [-0.1, -0.05) is 29.8 Å². The predicted octanol–water partition coefficient (Wildman–Crippen LogP) is 3.55. The van der Waals surface area contributed by atoms with Gasteiger partial charge in [0, 0.05) is 22.0 Å². The van der Waals surface area contributed by atoms with Crippen LogP contribution >= 0.6 is 11.6 Å². The highest BCUT2D eigenvalue weighted by atomic mass is 35.5. The zero-order valence-corrected chi connectivity index (χ0v) is 12.6. The van der Waals surface area contributed by atoms with Gasteiger partial charge in [0.2, 0.25) is 5.88 Å². The van der Waals surface area contributed by atoms with E-state index in [1.165, 1.54) is 0 Å². The van der Waals surface area contributed by atoms with E-state index in [1.54, 1.807) is 36.4 Å². The van der Waals surface area contributed by atoms with Gasteiger partial charge in [0.25, 0.3) is 5.91 Å². The third-order valence-corrected chi connectivity index (χ3v) is 3.31. The van der Waals surface area contributed by atoms with Crippen LogP contribution in [-0.2, 0) is 0 Å². The molecule has 1 aromatic heterocycles. The second-order valence-corrected chi connectivity index (χ2v) is 5.13. The molecule has 0 saturated heterocycles. The molecule has 0 bridgehead atoms. The van der Waals surface area contributed by atoms with Crippen LogP contribution < -0.4 is 16.2 Å². The molecule has 0 unspecified atom stereocenters. The van der Waals surface area contributed by atoms with Gasteiger partial charge in [-0.25, -0.2) is 10.2 Å². The lowest BCUT2D eigenvalue weighted by Crippen LogP contribution is -2.43. The van der Waals surface area contributed by atoms with Crippen molar-refractivity contribution in [2.75, 3.05) is 5.32 Å². The standard InChI is InChI=1S/C16H12ClN3O3/c17-12-7-5-10(6-8-12)15(21)19-20-16(22)18-14-9-11-3-1-2-4-13(11)23-14/h1-9H,(H,19,21)(H2,18,20,22). The molecule has 0 spiro atoms. The smallest absolute Gasteiger partial charge is 0.340 e.